The van der Waals surface area contributed by atoms with E-state index in [0.29, 0.717) is 21.5 Å². The molecule has 0 aliphatic heterocycles. The summed E-state index contributed by atoms with van der Waals surface area (Å²) in [5.41, 5.74) is 1.25. The van der Waals surface area contributed by atoms with Gasteiger partial charge in [-0.2, -0.15) is 0 Å². The van der Waals surface area contributed by atoms with Crippen molar-refractivity contribution in [1.29, 1.82) is 0 Å². The summed E-state index contributed by atoms with van der Waals surface area (Å²) in [6.45, 7) is 0.130. The van der Waals surface area contributed by atoms with Gasteiger partial charge >= 0.3 is 0 Å². The normalized spacial score (nSPS) is 10.8. The number of nitrogens with zero attached hydrogens (tertiary/aromatic N) is 1. The summed E-state index contributed by atoms with van der Waals surface area (Å²) in [4.78, 5) is 24.7. The number of fused-ring (bicyclic) bond motifs is 1. The summed E-state index contributed by atoms with van der Waals surface area (Å²) in [5, 5.41) is 13.7. The van der Waals surface area contributed by atoms with Crippen LogP contribution in [0, 0.1) is 0 Å². The molecule has 0 bridgehead atoms. The first-order valence-electron chi connectivity index (χ1n) is 7.86. The van der Waals surface area contributed by atoms with Gasteiger partial charge in [-0.3, -0.25) is 9.59 Å². The second-order valence-corrected chi connectivity index (χ2v) is 6.09. The Balaban J connectivity index is 1.86. The SMILES string of the molecule is O=C(Cc1ccc(Cl)cc1)Nc1cccc2c(=O)n(CCO)ccc12. The fourth-order valence-corrected chi connectivity index (χ4v) is 2.82. The average Bonchev–Trinajstić information content (AvgIpc) is 2.60. The molecule has 2 N–H and O–H groups in total. The van der Waals surface area contributed by atoms with Gasteiger partial charge < -0.3 is 15.0 Å². The molecule has 3 aromatic rings. The van der Waals surface area contributed by atoms with Gasteiger partial charge in [0.1, 0.15) is 0 Å². The molecule has 0 atom stereocenters. The smallest absolute Gasteiger partial charge is 0.258 e. The zero-order valence-electron chi connectivity index (χ0n) is 13.4. The Morgan fingerprint density at radius 2 is 1.84 bits per heavy atom. The van der Waals surface area contributed by atoms with Crippen LogP contribution in [-0.2, 0) is 17.8 Å². The summed E-state index contributed by atoms with van der Waals surface area (Å²) < 4.78 is 1.45. The zero-order chi connectivity index (χ0) is 17.8. The predicted molar refractivity (Wildman–Crippen MR) is 99.1 cm³/mol. The van der Waals surface area contributed by atoms with Gasteiger partial charge in [0.15, 0.2) is 0 Å². The van der Waals surface area contributed by atoms with E-state index < -0.39 is 0 Å². The molecule has 5 nitrogen and oxygen atoms in total. The zero-order valence-corrected chi connectivity index (χ0v) is 14.2. The van der Waals surface area contributed by atoms with Crippen molar-refractivity contribution in [2.45, 2.75) is 13.0 Å². The number of aliphatic hydroxyl groups excluding tert-OH is 1. The number of carbonyl (C=O) groups is 1. The number of benzene rings is 2. The van der Waals surface area contributed by atoms with Crippen molar-refractivity contribution in [3.63, 3.8) is 0 Å². The molecule has 0 radical (unpaired) electrons. The molecule has 1 heterocycles. The van der Waals surface area contributed by atoms with E-state index in [4.69, 9.17) is 16.7 Å². The summed E-state index contributed by atoms with van der Waals surface area (Å²) >= 11 is 5.85. The second kappa shape index (κ2) is 7.51. The minimum absolute atomic E-state index is 0.108. The monoisotopic (exact) mass is 356 g/mol. The molecule has 128 valence electrons. The van der Waals surface area contributed by atoms with Crippen LogP contribution in [0.3, 0.4) is 0 Å². The Morgan fingerprint density at radius 3 is 2.56 bits per heavy atom. The van der Waals surface area contributed by atoms with E-state index >= 15 is 0 Å². The fourth-order valence-electron chi connectivity index (χ4n) is 2.69. The van der Waals surface area contributed by atoms with E-state index in [9.17, 15) is 9.59 Å². The minimum Gasteiger partial charge on any atom is -0.395 e. The highest BCUT2D eigenvalue weighted by molar-refractivity contribution is 6.30. The van der Waals surface area contributed by atoms with E-state index in [2.05, 4.69) is 5.32 Å². The van der Waals surface area contributed by atoms with Gasteiger partial charge in [0, 0.05) is 34.2 Å². The van der Waals surface area contributed by atoms with Crippen molar-refractivity contribution >= 4 is 34.0 Å². The molecule has 2 aromatic carbocycles. The Bertz CT molecular complexity index is 965. The van der Waals surface area contributed by atoms with Gasteiger partial charge in [-0.1, -0.05) is 29.8 Å². The third kappa shape index (κ3) is 3.90. The van der Waals surface area contributed by atoms with E-state index in [1.807, 2.05) is 0 Å². The highest BCUT2D eigenvalue weighted by atomic mass is 35.5. The molecular formula is C19H17ClN2O3. The third-order valence-corrected chi connectivity index (χ3v) is 4.16. The molecule has 0 fully saturated rings. The molecule has 0 saturated heterocycles. The predicted octanol–water partition coefficient (Wildman–Crippen LogP) is 2.83. The number of nitrogens with one attached hydrogen (secondary N) is 1. The summed E-state index contributed by atoms with van der Waals surface area (Å²) in [7, 11) is 0. The average molecular weight is 357 g/mol. The quantitative estimate of drug-likeness (QED) is 0.738. The standard InChI is InChI=1S/C19H17ClN2O3/c20-14-6-4-13(5-7-14)12-18(24)21-17-3-1-2-16-15(17)8-9-22(10-11-23)19(16)25/h1-9,23H,10-12H2,(H,21,24). The molecule has 0 unspecified atom stereocenters. The Morgan fingerprint density at radius 1 is 1.08 bits per heavy atom. The Hall–Kier alpha value is -2.63. The highest BCUT2D eigenvalue weighted by Crippen LogP contribution is 2.21. The van der Waals surface area contributed by atoms with Crippen molar-refractivity contribution in [1.82, 2.24) is 4.57 Å². The Labute approximate surface area is 149 Å². The number of aromatic nitrogens is 1. The molecule has 0 saturated carbocycles. The first kappa shape index (κ1) is 17.2. The van der Waals surface area contributed by atoms with Crippen molar-refractivity contribution in [2.24, 2.45) is 0 Å². The molecule has 0 aliphatic rings. The fraction of sp³-hybridized carbons (Fsp3) is 0.158. The first-order valence-corrected chi connectivity index (χ1v) is 8.23. The van der Waals surface area contributed by atoms with Crippen LogP contribution >= 0.6 is 11.6 Å². The number of anilines is 1. The number of aliphatic hydroxyl groups is 1. The van der Waals surface area contributed by atoms with Gasteiger partial charge in [-0.25, -0.2) is 0 Å². The third-order valence-electron chi connectivity index (χ3n) is 3.91. The van der Waals surface area contributed by atoms with Crippen molar-refractivity contribution in [2.75, 3.05) is 11.9 Å². The van der Waals surface area contributed by atoms with E-state index in [0.717, 1.165) is 5.56 Å². The number of hydrogen-bond donors (Lipinski definition) is 2. The summed E-state index contributed by atoms with van der Waals surface area (Å²) in [6.07, 6.45) is 1.84. The first-order chi connectivity index (χ1) is 12.1. The van der Waals surface area contributed by atoms with Crippen molar-refractivity contribution in [3.05, 3.63) is 75.7 Å². The molecular weight excluding hydrogens is 340 g/mol. The number of carbonyl (C=O) groups excluding carboxylic acids is 1. The maximum atomic E-state index is 12.4. The largest absolute Gasteiger partial charge is 0.395 e. The number of rotatable bonds is 5. The lowest BCUT2D eigenvalue weighted by Crippen LogP contribution is -2.21. The van der Waals surface area contributed by atoms with E-state index in [1.165, 1.54) is 4.57 Å². The van der Waals surface area contributed by atoms with Crippen LogP contribution in [0.25, 0.3) is 10.8 Å². The van der Waals surface area contributed by atoms with Gasteiger partial charge in [0.25, 0.3) is 5.56 Å². The molecule has 0 spiro atoms. The van der Waals surface area contributed by atoms with Crippen LogP contribution in [0.4, 0.5) is 5.69 Å². The number of amides is 1. The van der Waals surface area contributed by atoms with Crippen LogP contribution in [0.2, 0.25) is 5.02 Å². The topological polar surface area (TPSA) is 71.3 Å². The van der Waals surface area contributed by atoms with Gasteiger partial charge in [0.2, 0.25) is 5.91 Å². The van der Waals surface area contributed by atoms with Crippen molar-refractivity contribution in [3.8, 4) is 0 Å². The lowest BCUT2D eigenvalue weighted by atomic mass is 10.1. The number of hydrogen-bond acceptors (Lipinski definition) is 3. The minimum atomic E-state index is -0.194. The van der Waals surface area contributed by atoms with E-state index in [1.54, 1.807) is 54.7 Å². The number of halogens is 1. The van der Waals surface area contributed by atoms with Crippen molar-refractivity contribution < 1.29 is 9.90 Å². The molecule has 6 heteroatoms. The highest BCUT2D eigenvalue weighted by Gasteiger charge is 2.10. The summed E-state index contributed by atoms with van der Waals surface area (Å²) in [6, 6.07) is 14.1. The maximum absolute atomic E-state index is 12.4. The second-order valence-electron chi connectivity index (χ2n) is 5.66. The van der Waals surface area contributed by atoms with Crippen LogP contribution < -0.4 is 10.9 Å². The lowest BCUT2D eigenvalue weighted by molar-refractivity contribution is -0.115. The van der Waals surface area contributed by atoms with Gasteiger partial charge in [-0.05, 0) is 35.9 Å². The molecule has 1 amide bonds. The van der Waals surface area contributed by atoms with E-state index in [-0.39, 0.29) is 31.0 Å². The maximum Gasteiger partial charge on any atom is 0.258 e. The van der Waals surface area contributed by atoms with Gasteiger partial charge in [-0.15, -0.1) is 0 Å². The summed E-state index contributed by atoms with van der Waals surface area (Å²) in [5.74, 6) is -0.172. The number of pyridine rings is 1. The molecule has 1 aromatic heterocycles. The van der Waals surface area contributed by atoms with Crippen LogP contribution in [0.15, 0.2) is 59.5 Å². The molecule has 25 heavy (non-hydrogen) atoms. The van der Waals surface area contributed by atoms with Crippen LogP contribution in [-0.4, -0.2) is 22.2 Å². The molecule has 3 rings (SSSR count). The lowest BCUT2D eigenvalue weighted by Gasteiger charge is -2.11. The Kier molecular flexibility index (Phi) is 5.16. The van der Waals surface area contributed by atoms with Crippen LogP contribution in [0.5, 0.6) is 0 Å². The molecule has 0 aliphatic carbocycles. The van der Waals surface area contributed by atoms with Gasteiger partial charge in [0.05, 0.1) is 13.0 Å². The van der Waals surface area contributed by atoms with Crippen LogP contribution in [0.1, 0.15) is 5.56 Å².